The van der Waals surface area contributed by atoms with E-state index in [1.807, 2.05) is 0 Å². The molecule has 0 saturated heterocycles. The standard InChI is InChI=1S/C24H46O2/c1-4-5-6-7-8-9-10-11-12-13-14-15-16-17-18-19-20-21-22-23(2)24(25)26-3/h2,4-22H2,1,3H3. The van der Waals surface area contributed by atoms with E-state index in [0.29, 0.717) is 5.57 Å². The van der Waals surface area contributed by atoms with Crippen LogP contribution < -0.4 is 0 Å². The molecule has 0 heterocycles. The summed E-state index contributed by atoms with van der Waals surface area (Å²) in [5, 5.41) is 0. The molecule has 0 saturated carbocycles. The second-order valence-corrected chi connectivity index (χ2v) is 7.86. The molecule has 0 aliphatic rings. The molecule has 0 amide bonds. The van der Waals surface area contributed by atoms with E-state index in [1.165, 1.54) is 116 Å². The zero-order chi connectivity index (χ0) is 19.3. The molecular formula is C24H46O2. The van der Waals surface area contributed by atoms with Gasteiger partial charge in [-0.2, -0.15) is 0 Å². The van der Waals surface area contributed by atoms with Crippen molar-refractivity contribution in [3.05, 3.63) is 12.2 Å². The van der Waals surface area contributed by atoms with Crippen LogP contribution >= 0.6 is 0 Å². The molecule has 0 bridgehead atoms. The Morgan fingerprint density at radius 2 is 0.923 bits per heavy atom. The average Bonchev–Trinajstić information content (AvgIpc) is 2.66. The number of carbonyl (C=O) groups excluding carboxylic acids is 1. The molecule has 0 aromatic rings. The first-order chi connectivity index (χ1) is 12.7. The van der Waals surface area contributed by atoms with Gasteiger partial charge in [0, 0.05) is 5.57 Å². The Hall–Kier alpha value is -0.790. The Balaban J connectivity index is 3.09. The Morgan fingerprint density at radius 3 is 1.23 bits per heavy atom. The highest BCUT2D eigenvalue weighted by Gasteiger charge is 2.05. The van der Waals surface area contributed by atoms with E-state index in [4.69, 9.17) is 0 Å². The molecule has 0 aromatic carbocycles. The summed E-state index contributed by atoms with van der Waals surface area (Å²) in [7, 11) is 1.42. The minimum Gasteiger partial charge on any atom is -0.466 e. The average molecular weight is 367 g/mol. The Bertz CT molecular complexity index is 322. The van der Waals surface area contributed by atoms with Crippen LogP contribution in [0.5, 0.6) is 0 Å². The number of carbonyl (C=O) groups is 1. The summed E-state index contributed by atoms with van der Waals surface area (Å²) < 4.78 is 4.66. The molecule has 154 valence electrons. The van der Waals surface area contributed by atoms with E-state index in [1.54, 1.807) is 0 Å². The van der Waals surface area contributed by atoms with Gasteiger partial charge in [-0.3, -0.25) is 0 Å². The summed E-state index contributed by atoms with van der Waals surface area (Å²) in [5.41, 5.74) is 0.615. The van der Waals surface area contributed by atoms with Gasteiger partial charge >= 0.3 is 5.97 Å². The van der Waals surface area contributed by atoms with Crippen LogP contribution in [0.25, 0.3) is 0 Å². The fraction of sp³-hybridized carbons (Fsp3) is 0.875. The molecule has 0 aliphatic carbocycles. The lowest BCUT2D eigenvalue weighted by molar-refractivity contribution is -0.136. The van der Waals surface area contributed by atoms with Crippen LogP contribution in [-0.2, 0) is 9.53 Å². The Kier molecular flexibility index (Phi) is 19.9. The van der Waals surface area contributed by atoms with E-state index in [9.17, 15) is 4.79 Å². The topological polar surface area (TPSA) is 26.3 Å². The second-order valence-electron chi connectivity index (χ2n) is 7.86. The Morgan fingerprint density at radius 1 is 0.615 bits per heavy atom. The van der Waals surface area contributed by atoms with E-state index in [2.05, 4.69) is 18.2 Å². The summed E-state index contributed by atoms with van der Waals surface area (Å²) >= 11 is 0. The van der Waals surface area contributed by atoms with E-state index in [0.717, 1.165) is 12.8 Å². The van der Waals surface area contributed by atoms with Crippen molar-refractivity contribution in [3.8, 4) is 0 Å². The van der Waals surface area contributed by atoms with Gasteiger partial charge in [0.25, 0.3) is 0 Å². The molecule has 0 rings (SSSR count). The zero-order valence-corrected chi connectivity index (χ0v) is 18.0. The highest BCUT2D eigenvalue weighted by molar-refractivity contribution is 5.87. The molecule has 0 atom stereocenters. The second kappa shape index (κ2) is 20.5. The van der Waals surface area contributed by atoms with Crippen molar-refractivity contribution in [2.45, 2.75) is 129 Å². The summed E-state index contributed by atoms with van der Waals surface area (Å²) in [6.07, 6.45) is 25.6. The van der Waals surface area contributed by atoms with Crippen molar-refractivity contribution in [1.29, 1.82) is 0 Å². The molecule has 2 heteroatoms. The lowest BCUT2D eigenvalue weighted by atomic mass is 10.0. The van der Waals surface area contributed by atoms with Crippen molar-refractivity contribution in [1.82, 2.24) is 0 Å². The zero-order valence-electron chi connectivity index (χ0n) is 18.0. The van der Waals surface area contributed by atoms with Gasteiger partial charge in [-0.25, -0.2) is 4.79 Å². The van der Waals surface area contributed by atoms with Crippen molar-refractivity contribution in [2.24, 2.45) is 0 Å². The summed E-state index contributed by atoms with van der Waals surface area (Å²) in [4.78, 5) is 11.2. The fourth-order valence-corrected chi connectivity index (χ4v) is 3.49. The van der Waals surface area contributed by atoms with Crippen LogP contribution in [-0.4, -0.2) is 13.1 Å². The van der Waals surface area contributed by atoms with Crippen LogP contribution in [0.3, 0.4) is 0 Å². The number of hydrogen-bond acceptors (Lipinski definition) is 2. The third-order valence-electron chi connectivity index (χ3n) is 5.31. The third-order valence-corrected chi connectivity index (χ3v) is 5.31. The molecule has 0 N–H and O–H groups in total. The van der Waals surface area contributed by atoms with Gasteiger partial charge in [0.2, 0.25) is 0 Å². The molecule has 2 nitrogen and oxygen atoms in total. The molecule has 0 aliphatic heterocycles. The molecule has 0 unspecified atom stereocenters. The number of ether oxygens (including phenoxy) is 1. The normalized spacial score (nSPS) is 10.8. The lowest BCUT2D eigenvalue weighted by Gasteiger charge is -2.04. The van der Waals surface area contributed by atoms with E-state index >= 15 is 0 Å². The van der Waals surface area contributed by atoms with Gasteiger partial charge < -0.3 is 4.74 Å². The number of rotatable bonds is 20. The molecule has 26 heavy (non-hydrogen) atoms. The highest BCUT2D eigenvalue weighted by atomic mass is 16.5. The number of hydrogen-bond donors (Lipinski definition) is 0. The van der Waals surface area contributed by atoms with Crippen LogP contribution in [0.1, 0.15) is 129 Å². The van der Waals surface area contributed by atoms with Gasteiger partial charge in [0.1, 0.15) is 0 Å². The van der Waals surface area contributed by atoms with Crippen molar-refractivity contribution < 1.29 is 9.53 Å². The minimum absolute atomic E-state index is 0.253. The van der Waals surface area contributed by atoms with E-state index < -0.39 is 0 Å². The maximum Gasteiger partial charge on any atom is 0.333 e. The number of methoxy groups -OCH3 is 1. The first-order valence-electron chi connectivity index (χ1n) is 11.5. The van der Waals surface area contributed by atoms with Crippen LogP contribution in [0.2, 0.25) is 0 Å². The molecule has 0 radical (unpaired) electrons. The Labute approximate surface area is 164 Å². The molecule has 0 fully saturated rings. The van der Waals surface area contributed by atoms with Crippen molar-refractivity contribution >= 4 is 5.97 Å². The van der Waals surface area contributed by atoms with Crippen LogP contribution in [0.4, 0.5) is 0 Å². The molecule has 0 spiro atoms. The van der Waals surface area contributed by atoms with Gasteiger partial charge in [0.15, 0.2) is 0 Å². The van der Waals surface area contributed by atoms with Crippen LogP contribution in [0.15, 0.2) is 12.2 Å². The van der Waals surface area contributed by atoms with Gasteiger partial charge in [0.05, 0.1) is 7.11 Å². The maximum absolute atomic E-state index is 11.2. The summed E-state index contributed by atoms with van der Waals surface area (Å²) in [5.74, 6) is -0.253. The first kappa shape index (κ1) is 25.2. The predicted molar refractivity (Wildman–Crippen MR) is 115 cm³/mol. The number of unbranched alkanes of at least 4 members (excludes halogenated alkanes) is 17. The third kappa shape index (κ3) is 18.0. The van der Waals surface area contributed by atoms with Crippen molar-refractivity contribution in [2.75, 3.05) is 7.11 Å². The maximum atomic E-state index is 11.2. The first-order valence-corrected chi connectivity index (χ1v) is 11.5. The summed E-state index contributed by atoms with van der Waals surface area (Å²) in [6, 6.07) is 0. The molecular weight excluding hydrogens is 320 g/mol. The minimum atomic E-state index is -0.253. The lowest BCUT2D eigenvalue weighted by Crippen LogP contribution is -2.03. The largest absolute Gasteiger partial charge is 0.466 e. The molecule has 0 aromatic heterocycles. The monoisotopic (exact) mass is 366 g/mol. The quantitative estimate of drug-likeness (QED) is 0.123. The fourth-order valence-electron chi connectivity index (χ4n) is 3.49. The van der Waals surface area contributed by atoms with Crippen LogP contribution in [0, 0.1) is 0 Å². The SMILES string of the molecule is C=C(CCCCCCCCCCCCCCCCCCCC)C(=O)OC. The predicted octanol–water partition coefficient (Wildman–Crippen LogP) is 8.15. The van der Waals surface area contributed by atoms with E-state index in [-0.39, 0.29) is 5.97 Å². The van der Waals surface area contributed by atoms with Gasteiger partial charge in [-0.15, -0.1) is 0 Å². The van der Waals surface area contributed by atoms with Gasteiger partial charge in [-0.05, 0) is 12.8 Å². The highest BCUT2D eigenvalue weighted by Crippen LogP contribution is 2.15. The summed E-state index contributed by atoms with van der Waals surface area (Å²) in [6.45, 7) is 6.05. The smallest absolute Gasteiger partial charge is 0.333 e. The number of esters is 1. The van der Waals surface area contributed by atoms with Crippen molar-refractivity contribution in [3.63, 3.8) is 0 Å². The van der Waals surface area contributed by atoms with Gasteiger partial charge in [-0.1, -0.05) is 123 Å².